The highest BCUT2D eigenvalue weighted by Crippen LogP contribution is 2.08. The van der Waals surface area contributed by atoms with Gasteiger partial charge in [-0.2, -0.15) is 5.26 Å². The maximum atomic E-state index is 8.36. The van der Waals surface area contributed by atoms with Crippen LogP contribution in [0.1, 0.15) is 11.1 Å². The quantitative estimate of drug-likeness (QED) is 0.421. The molecule has 0 amide bonds. The van der Waals surface area contributed by atoms with Crippen molar-refractivity contribution in [1.82, 2.24) is 0 Å². The molecule has 0 aliphatic rings. The van der Waals surface area contributed by atoms with Crippen LogP contribution in [0.2, 0.25) is 0 Å². The van der Waals surface area contributed by atoms with Crippen LogP contribution in [0.3, 0.4) is 0 Å². The summed E-state index contributed by atoms with van der Waals surface area (Å²) in [5, 5.41) is 8.36. The highest BCUT2D eigenvalue weighted by Gasteiger charge is 1.97. The molecule has 74 valence electrons. The second-order valence-electron chi connectivity index (χ2n) is 2.82. The summed E-state index contributed by atoms with van der Waals surface area (Å²) in [6, 6.07) is 9.41. The molecule has 0 fully saturated rings. The van der Waals surface area contributed by atoms with Gasteiger partial charge in [0.2, 0.25) is 0 Å². The molecular formula is C13H11NO. The van der Waals surface area contributed by atoms with Crippen LogP contribution in [0.15, 0.2) is 36.9 Å². The zero-order chi connectivity index (χ0) is 10.9. The minimum atomic E-state index is 0.488. The van der Waals surface area contributed by atoms with Crippen LogP contribution in [0, 0.1) is 23.2 Å². The number of hydrogen-bond acceptors (Lipinski definition) is 2. The SMILES string of the molecule is C=CCOCc1ccccc1C#CC#N. The second-order valence-corrected chi connectivity index (χ2v) is 2.82. The van der Waals surface area contributed by atoms with Gasteiger partial charge in [-0.15, -0.1) is 6.58 Å². The Hall–Kier alpha value is -2.03. The number of hydrogen-bond donors (Lipinski definition) is 0. The van der Waals surface area contributed by atoms with Gasteiger partial charge in [-0.3, -0.25) is 0 Å². The molecule has 0 aliphatic carbocycles. The predicted molar refractivity (Wildman–Crippen MR) is 58.8 cm³/mol. The van der Waals surface area contributed by atoms with Crippen molar-refractivity contribution in [3.8, 4) is 17.9 Å². The lowest BCUT2D eigenvalue weighted by atomic mass is 10.1. The van der Waals surface area contributed by atoms with Crippen LogP contribution in [-0.4, -0.2) is 6.61 Å². The molecule has 0 radical (unpaired) electrons. The largest absolute Gasteiger partial charge is 0.373 e. The molecule has 0 aliphatic heterocycles. The van der Waals surface area contributed by atoms with E-state index in [1.807, 2.05) is 24.3 Å². The number of nitrogens with zero attached hydrogens (tertiary/aromatic N) is 1. The van der Waals surface area contributed by atoms with E-state index in [4.69, 9.17) is 10.00 Å². The number of rotatable bonds is 4. The lowest BCUT2D eigenvalue weighted by Gasteiger charge is -2.03. The molecule has 0 atom stereocenters. The summed E-state index contributed by atoms with van der Waals surface area (Å²) in [5.41, 5.74) is 1.82. The van der Waals surface area contributed by atoms with Crippen LogP contribution in [0.5, 0.6) is 0 Å². The average Bonchev–Trinajstić information content (AvgIpc) is 2.28. The molecule has 0 aromatic heterocycles. The molecular weight excluding hydrogens is 186 g/mol. The van der Waals surface area contributed by atoms with Crippen LogP contribution in [0.4, 0.5) is 0 Å². The van der Waals surface area contributed by atoms with E-state index in [0.29, 0.717) is 13.2 Å². The van der Waals surface area contributed by atoms with Gasteiger partial charge in [-0.25, -0.2) is 0 Å². The molecule has 0 saturated heterocycles. The maximum absolute atomic E-state index is 8.36. The normalized spacial score (nSPS) is 8.47. The molecule has 0 N–H and O–H groups in total. The first kappa shape index (κ1) is 11.0. The van der Waals surface area contributed by atoms with Gasteiger partial charge in [0.05, 0.1) is 13.2 Å². The third-order valence-corrected chi connectivity index (χ3v) is 1.76. The summed E-state index contributed by atoms with van der Waals surface area (Å²) < 4.78 is 5.32. The van der Waals surface area contributed by atoms with Crippen molar-refractivity contribution in [3.63, 3.8) is 0 Å². The molecule has 0 saturated carbocycles. The highest BCUT2D eigenvalue weighted by atomic mass is 16.5. The fourth-order valence-corrected chi connectivity index (χ4v) is 1.12. The minimum absolute atomic E-state index is 0.488. The Morgan fingerprint density at radius 1 is 1.40 bits per heavy atom. The van der Waals surface area contributed by atoms with E-state index in [0.717, 1.165) is 11.1 Å². The molecule has 15 heavy (non-hydrogen) atoms. The first-order valence-corrected chi connectivity index (χ1v) is 4.55. The summed E-state index contributed by atoms with van der Waals surface area (Å²) >= 11 is 0. The van der Waals surface area contributed by atoms with E-state index in [1.165, 1.54) is 0 Å². The Morgan fingerprint density at radius 3 is 2.93 bits per heavy atom. The van der Waals surface area contributed by atoms with Crippen molar-refractivity contribution in [2.75, 3.05) is 6.61 Å². The van der Waals surface area contributed by atoms with Crippen molar-refractivity contribution in [1.29, 1.82) is 5.26 Å². The first-order valence-electron chi connectivity index (χ1n) is 4.55. The fraction of sp³-hybridized carbons (Fsp3) is 0.154. The number of nitriles is 1. The Labute approximate surface area is 89.8 Å². The predicted octanol–water partition coefficient (Wildman–Crippen LogP) is 2.26. The topological polar surface area (TPSA) is 33.0 Å². The lowest BCUT2D eigenvalue weighted by molar-refractivity contribution is 0.148. The van der Waals surface area contributed by atoms with E-state index in [1.54, 1.807) is 12.1 Å². The molecule has 1 rings (SSSR count). The standard InChI is InChI=1S/C13H11NO/c1-2-10-15-11-13-7-4-3-6-12(13)8-5-9-14/h2-4,6-7H,1,10-11H2. The number of benzene rings is 1. The van der Waals surface area contributed by atoms with Crippen LogP contribution >= 0.6 is 0 Å². The molecule has 2 heteroatoms. The second kappa shape index (κ2) is 6.43. The van der Waals surface area contributed by atoms with Gasteiger partial charge in [-0.05, 0) is 11.6 Å². The van der Waals surface area contributed by atoms with Gasteiger partial charge in [0.25, 0.3) is 0 Å². The summed E-state index contributed by atoms with van der Waals surface area (Å²) in [6.07, 6.45) is 1.70. The zero-order valence-electron chi connectivity index (χ0n) is 8.36. The third kappa shape index (κ3) is 3.68. The van der Waals surface area contributed by atoms with Gasteiger partial charge < -0.3 is 4.74 Å². The monoisotopic (exact) mass is 197 g/mol. The van der Waals surface area contributed by atoms with Crippen molar-refractivity contribution in [3.05, 3.63) is 48.0 Å². The Bertz CT molecular complexity index is 432. The molecule has 1 aromatic carbocycles. The van der Waals surface area contributed by atoms with E-state index < -0.39 is 0 Å². The van der Waals surface area contributed by atoms with Crippen molar-refractivity contribution < 1.29 is 4.74 Å². The van der Waals surface area contributed by atoms with Gasteiger partial charge in [-0.1, -0.05) is 30.2 Å². The Kier molecular flexibility index (Phi) is 4.73. The molecule has 0 unspecified atom stereocenters. The first-order chi connectivity index (χ1) is 7.38. The van der Waals surface area contributed by atoms with Gasteiger partial charge in [0.15, 0.2) is 6.07 Å². The summed E-state index contributed by atoms with van der Waals surface area (Å²) in [7, 11) is 0. The molecule has 0 bridgehead atoms. The van der Waals surface area contributed by atoms with E-state index >= 15 is 0 Å². The summed E-state index contributed by atoms with van der Waals surface area (Å²) in [6.45, 7) is 4.57. The van der Waals surface area contributed by atoms with E-state index in [-0.39, 0.29) is 0 Å². The zero-order valence-corrected chi connectivity index (χ0v) is 8.36. The number of ether oxygens (including phenoxy) is 1. The fourth-order valence-electron chi connectivity index (χ4n) is 1.12. The molecule has 0 spiro atoms. The van der Waals surface area contributed by atoms with Crippen molar-refractivity contribution >= 4 is 0 Å². The van der Waals surface area contributed by atoms with Crippen LogP contribution < -0.4 is 0 Å². The van der Waals surface area contributed by atoms with E-state index in [2.05, 4.69) is 18.4 Å². The van der Waals surface area contributed by atoms with Gasteiger partial charge in [0, 0.05) is 11.5 Å². The summed E-state index contributed by atoms with van der Waals surface area (Å²) in [4.78, 5) is 0. The van der Waals surface area contributed by atoms with Crippen LogP contribution in [-0.2, 0) is 11.3 Å². The van der Waals surface area contributed by atoms with E-state index in [9.17, 15) is 0 Å². The van der Waals surface area contributed by atoms with Crippen molar-refractivity contribution in [2.45, 2.75) is 6.61 Å². The van der Waals surface area contributed by atoms with Crippen molar-refractivity contribution in [2.24, 2.45) is 0 Å². The Balaban J connectivity index is 2.78. The smallest absolute Gasteiger partial charge is 0.152 e. The highest BCUT2D eigenvalue weighted by molar-refractivity contribution is 5.43. The molecule has 2 nitrogen and oxygen atoms in total. The third-order valence-electron chi connectivity index (χ3n) is 1.76. The lowest BCUT2D eigenvalue weighted by Crippen LogP contribution is -1.95. The van der Waals surface area contributed by atoms with Crippen LogP contribution in [0.25, 0.3) is 0 Å². The molecule has 0 heterocycles. The average molecular weight is 197 g/mol. The molecule has 1 aromatic rings. The summed E-state index contributed by atoms with van der Waals surface area (Å²) in [5.74, 6) is 5.15. The van der Waals surface area contributed by atoms with Gasteiger partial charge >= 0.3 is 0 Å². The Morgan fingerprint density at radius 2 is 2.20 bits per heavy atom. The maximum Gasteiger partial charge on any atom is 0.152 e. The minimum Gasteiger partial charge on any atom is -0.373 e. The van der Waals surface area contributed by atoms with Gasteiger partial charge in [0.1, 0.15) is 0 Å².